The van der Waals surface area contributed by atoms with Gasteiger partial charge in [-0.1, -0.05) is 34.6 Å². The Kier molecular flexibility index (Phi) is 11.2. The molecule has 41 heavy (non-hydrogen) atoms. The van der Waals surface area contributed by atoms with Crippen molar-refractivity contribution < 1.29 is 13.5 Å². The monoisotopic (exact) mass is 605 g/mol. The van der Waals surface area contributed by atoms with Crippen LogP contribution in [0.25, 0.3) is 0 Å². The lowest BCUT2D eigenvalue weighted by Gasteiger charge is -2.38. The van der Waals surface area contributed by atoms with Gasteiger partial charge in [0.1, 0.15) is 6.54 Å². The number of thioether (sulfide) groups is 2. The molecule has 3 fully saturated rings. The van der Waals surface area contributed by atoms with Crippen LogP contribution in [0.4, 0.5) is 0 Å². The van der Waals surface area contributed by atoms with E-state index in [9.17, 15) is 0 Å². The van der Waals surface area contributed by atoms with Crippen LogP contribution >= 0.6 is 23.5 Å². The van der Waals surface area contributed by atoms with Crippen molar-refractivity contribution >= 4 is 28.6 Å². The summed E-state index contributed by atoms with van der Waals surface area (Å²) in [4.78, 5) is 2.85. The molecule has 0 N–H and O–H groups in total. The predicted octanol–water partition coefficient (Wildman–Crippen LogP) is 7.17. The molecule has 2 heterocycles. The third-order valence-electron chi connectivity index (χ3n) is 10.6. The van der Waals surface area contributed by atoms with E-state index in [1.807, 2.05) is 0 Å². The molecule has 0 aromatic rings. The molecule has 0 amide bonds. The van der Waals surface area contributed by atoms with Gasteiger partial charge in [-0.15, -0.1) is 11.8 Å². The fraction of sp³-hybridized carbons (Fsp3) is 0.857. The molecule has 2 aliphatic carbocycles. The average molecular weight is 606 g/mol. The van der Waals surface area contributed by atoms with Crippen LogP contribution in [0, 0.1) is 23.7 Å². The van der Waals surface area contributed by atoms with E-state index in [1.165, 1.54) is 70.3 Å². The Morgan fingerprint density at radius 1 is 0.805 bits per heavy atom. The van der Waals surface area contributed by atoms with Gasteiger partial charge in [-0.3, -0.25) is 0 Å². The maximum Gasteiger partial charge on any atom is 0.235 e. The lowest BCUT2D eigenvalue weighted by molar-refractivity contribution is -0.871. The van der Waals surface area contributed by atoms with Crippen molar-refractivity contribution in [3.05, 3.63) is 22.8 Å². The summed E-state index contributed by atoms with van der Waals surface area (Å²) in [5.74, 6) is 3.35. The van der Waals surface area contributed by atoms with Crippen LogP contribution in [0.3, 0.4) is 0 Å². The minimum absolute atomic E-state index is 0.717. The first-order chi connectivity index (χ1) is 19.1. The molecular formula is C35H65N4S2+3. The van der Waals surface area contributed by atoms with Crippen LogP contribution in [0.15, 0.2) is 22.8 Å². The molecule has 1 saturated heterocycles. The zero-order valence-electron chi connectivity index (χ0n) is 28.7. The SMILES string of the molecule is CCC(=CC1=[N+](CCC[N+](C)(C)C)C2CC(C)C(C)CC2S1)C=C1SC2CC(C)C(C)CC2N1CCC[N+](C)(C)C. The molecule has 2 aliphatic heterocycles. The summed E-state index contributed by atoms with van der Waals surface area (Å²) in [6.07, 6.45) is 14.4. The van der Waals surface area contributed by atoms with Gasteiger partial charge in [-0.05, 0) is 72.8 Å². The van der Waals surface area contributed by atoms with Crippen LogP contribution < -0.4 is 0 Å². The van der Waals surface area contributed by atoms with Gasteiger partial charge in [0.2, 0.25) is 5.04 Å². The van der Waals surface area contributed by atoms with E-state index in [4.69, 9.17) is 0 Å². The van der Waals surface area contributed by atoms with E-state index >= 15 is 0 Å². The number of fused-ring (bicyclic) bond motifs is 2. The van der Waals surface area contributed by atoms with Crippen molar-refractivity contribution in [2.75, 3.05) is 68.5 Å². The van der Waals surface area contributed by atoms with Crippen LogP contribution in [0.1, 0.15) is 79.6 Å². The zero-order chi connectivity index (χ0) is 30.1. The average Bonchev–Trinajstić information content (AvgIpc) is 3.34. The topological polar surface area (TPSA) is 6.25 Å². The maximum atomic E-state index is 2.85. The second-order valence-corrected chi connectivity index (χ2v) is 18.8. The molecule has 0 aromatic carbocycles. The second kappa shape index (κ2) is 13.7. The van der Waals surface area contributed by atoms with Gasteiger partial charge >= 0.3 is 0 Å². The summed E-state index contributed by atoms with van der Waals surface area (Å²) in [5.41, 5.74) is 1.53. The van der Waals surface area contributed by atoms with Crippen molar-refractivity contribution in [3.63, 3.8) is 0 Å². The molecule has 2 saturated carbocycles. The van der Waals surface area contributed by atoms with Crippen LogP contribution in [0.2, 0.25) is 0 Å². The molecule has 8 unspecified atom stereocenters. The fourth-order valence-electron chi connectivity index (χ4n) is 7.50. The number of rotatable bonds is 11. The molecule has 0 aromatic heterocycles. The Hall–Kier alpha value is -0.430. The number of hydrogen-bond donors (Lipinski definition) is 0. The Morgan fingerprint density at radius 2 is 1.39 bits per heavy atom. The third-order valence-corrected chi connectivity index (χ3v) is 13.4. The highest BCUT2D eigenvalue weighted by atomic mass is 32.2. The lowest BCUT2D eigenvalue weighted by atomic mass is 9.78. The van der Waals surface area contributed by atoms with Crippen molar-refractivity contribution in [1.29, 1.82) is 0 Å². The Labute approximate surface area is 263 Å². The number of hydrogen-bond acceptors (Lipinski definition) is 3. The summed E-state index contributed by atoms with van der Waals surface area (Å²) in [5, 5.41) is 4.66. The summed E-state index contributed by atoms with van der Waals surface area (Å²) in [6.45, 7) is 17.2. The smallest absolute Gasteiger partial charge is 0.235 e. The standard InChI is InChI=1S/C35H65N4S2/c1-12-29(23-34-36(15-13-17-38(6,7)8)30-19-25(2)27(4)21-32(30)40-34)24-35-37(16-14-18-39(9,10)11)31-20-26(3)28(5)22-33(31)41-35/h23-28,30-33H,12-22H2,1-11H3/q+3. The van der Waals surface area contributed by atoms with Gasteiger partial charge in [0, 0.05) is 36.8 Å². The minimum Gasteiger partial charge on any atom is -0.362 e. The Bertz CT molecular complexity index is 987. The summed E-state index contributed by atoms with van der Waals surface area (Å²) >= 11 is 4.43. The summed E-state index contributed by atoms with van der Waals surface area (Å²) < 4.78 is 4.97. The highest BCUT2D eigenvalue weighted by molar-refractivity contribution is 8.14. The fourth-order valence-corrected chi connectivity index (χ4v) is 10.9. The summed E-state index contributed by atoms with van der Waals surface area (Å²) in [7, 11) is 14.0. The normalized spacial score (nSPS) is 35.8. The predicted molar refractivity (Wildman–Crippen MR) is 184 cm³/mol. The van der Waals surface area contributed by atoms with Crippen LogP contribution in [-0.4, -0.2) is 115 Å². The number of nitrogens with zero attached hydrogens (tertiary/aromatic N) is 4. The highest BCUT2D eigenvalue weighted by Gasteiger charge is 2.47. The molecular weight excluding hydrogens is 541 g/mol. The van der Waals surface area contributed by atoms with Gasteiger partial charge in [0.05, 0.1) is 72.1 Å². The molecule has 0 spiro atoms. The van der Waals surface area contributed by atoms with Crippen LogP contribution in [0.5, 0.6) is 0 Å². The molecule has 0 bridgehead atoms. The van der Waals surface area contributed by atoms with E-state index in [0.717, 1.165) is 61.6 Å². The van der Waals surface area contributed by atoms with Gasteiger partial charge in [-0.2, -0.15) is 0 Å². The number of quaternary nitrogens is 2. The molecule has 6 heteroatoms. The van der Waals surface area contributed by atoms with E-state index in [0.29, 0.717) is 0 Å². The van der Waals surface area contributed by atoms with E-state index < -0.39 is 0 Å². The van der Waals surface area contributed by atoms with Crippen LogP contribution in [-0.2, 0) is 0 Å². The highest BCUT2D eigenvalue weighted by Crippen LogP contribution is 2.49. The third kappa shape index (κ3) is 8.82. The van der Waals surface area contributed by atoms with Gasteiger partial charge in [-0.25, -0.2) is 4.58 Å². The largest absolute Gasteiger partial charge is 0.362 e. The van der Waals surface area contributed by atoms with Crippen molar-refractivity contribution in [3.8, 4) is 0 Å². The molecule has 4 nitrogen and oxygen atoms in total. The van der Waals surface area contributed by atoms with Gasteiger partial charge in [0.15, 0.2) is 6.04 Å². The minimum atomic E-state index is 0.717. The Morgan fingerprint density at radius 3 is 2.02 bits per heavy atom. The first-order valence-corrected chi connectivity index (χ1v) is 18.7. The summed E-state index contributed by atoms with van der Waals surface area (Å²) in [6, 6.07) is 1.43. The lowest BCUT2D eigenvalue weighted by Crippen LogP contribution is -2.43. The van der Waals surface area contributed by atoms with Gasteiger partial charge < -0.3 is 13.9 Å². The quantitative estimate of drug-likeness (QED) is 0.182. The molecule has 0 radical (unpaired) electrons. The van der Waals surface area contributed by atoms with E-state index in [1.54, 1.807) is 10.1 Å². The first kappa shape index (κ1) is 33.5. The molecule has 4 aliphatic rings. The van der Waals surface area contributed by atoms with E-state index in [2.05, 4.69) is 122 Å². The molecule has 4 rings (SSSR count). The van der Waals surface area contributed by atoms with Crippen molar-refractivity contribution in [1.82, 2.24) is 4.90 Å². The molecule has 234 valence electrons. The second-order valence-electron chi connectivity index (χ2n) is 16.3. The van der Waals surface area contributed by atoms with Crippen molar-refractivity contribution in [2.45, 2.75) is 102 Å². The molecule has 8 atom stereocenters. The zero-order valence-corrected chi connectivity index (χ0v) is 30.3. The Balaban J connectivity index is 1.61. The van der Waals surface area contributed by atoms with Crippen molar-refractivity contribution in [2.24, 2.45) is 23.7 Å². The van der Waals surface area contributed by atoms with Gasteiger partial charge in [0.25, 0.3) is 0 Å². The maximum absolute atomic E-state index is 2.85. The van der Waals surface area contributed by atoms with E-state index in [-0.39, 0.29) is 0 Å². The first-order valence-electron chi connectivity index (χ1n) is 16.9. The number of allylic oxidation sites excluding steroid dienone is 2.